The summed E-state index contributed by atoms with van der Waals surface area (Å²) in [4.78, 5) is 23.0. The van der Waals surface area contributed by atoms with E-state index in [4.69, 9.17) is 15.6 Å². The quantitative estimate of drug-likeness (QED) is 0.607. The van der Waals surface area contributed by atoms with Crippen LogP contribution in [0.25, 0.3) is 0 Å². The van der Waals surface area contributed by atoms with Crippen molar-refractivity contribution in [1.29, 1.82) is 0 Å². The number of hydrogen-bond donors (Lipinski definition) is 2. The van der Waals surface area contributed by atoms with E-state index >= 15 is 0 Å². The Hall–Kier alpha value is -1.15. The fraction of sp³-hybridized carbons (Fsp3) is 0.429. The van der Waals surface area contributed by atoms with Gasteiger partial charge < -0.3 is 15.6 Å². The van der Waals surface area contributed by atoms with Crippen LogP contribution in [0.2, 0.25) is 0 Å². The molecular weight excluding hydrogens is 373 g/mol. The number of ether oxygens (including phenoxy) is 1. The molecule has 0 saturated heterocycles. The third kappa shape index (κ3) is 5.09. The van der Waals surface area contributed by atoms with Crippen LogP contribution in [-0.4, -0.2) is 28.7 Å². The van der Waals surface area contributed by atoms with Gasteiger partial charge in [0.05, 0.1) is 5.56 Å². The van der Waals surface area contributed by atoms with Crippen LogP contribution in [0.15, 0.2) is 18.2 Å². The highest BCUT2D eigenvalue weighted by molar-refractivity contribution is 14.1. The minimum atomic E-state index is -1.10. The second-order valence-electron chi connectivity index (χ2n) is 5.45. The third-order valence-corrected chi connectivity index (χ3v) is 3.12. The van der Waals surface area contributed by atoms with Gasteiger partial charge in [0.15, 0.2) is 0 Å². The zero-order valence-electron chi connectivity index (χ0n) is 11.6. The fourth-order valence-electron chi connectivity index (χ4n) is 1.57. The molecule has 5 nitrogen and oxygen atoms in total. The molecule has 0 saturated carbocycles. The zero-order chi connectivity index (χ0) is 15.5. The molecule has 0 radical (unpaired) electrons. The van der Waals surface area contributed by atoms with Crippen molar-refractivity contribution in [2.24, 2.45) is 5.73 Å². The molecule has 1 atom stereocenters. The maximum Gasteiger partial charge on any atom is 0.338 e. The van der Waals surface area contributed by atoms with Gasteiger partial charge in [0.25, 0.3) is 0 Å². The van der Waals surface area contributed by atoms with Crippen molar-refractivity contribution in [3.63, 3.8) is 0 Å². The summed E-state index contributed by atoms with van der Waals surface area (Å²) in [5, 5.41) is 8.87. The van der Waals surface area contributed by atoms with E-state index in [1.165, 1.54) is 0 Å². The van der Waals surface area contributed by atoms with Crippen LogP contribution in [0, 0.1) is 3.57 Å². The summed E-state index contributed by atoms with van der Waals surface area (Å²) in [6.07, 6.45) is 0.0842. The number of halogens is 1. The second kappa shape index (κ2) is 6.53. The SMILES string of the molecule is CC(C)(C)OC(=O)c1cc(I)ccc1CC(N)C(=O)O. The Bertz CT molecular complexity index is 522. The van der Waals surface area contributed by atoms with Crippen LogP contribution >= 0.6 is 22.6 Å². The maximum absolute atomic E-state index is 12.2. The first kappa shape index (κ1) is 16.9. The molecule has 1 rings (SSSR count). The molecule has 0 spiro atoms. The van der Waals surface area contributed by atoms with Gasteiger partial charge in [-0.1, -0.05) is 6.07 Å². The Morgan fingerprint density at radius 2 is 2.00 bits per heavy atom. The number of esters is 1. The Kier molecular flexibility index (Phi) is 5.52. The topological polar surface area (TPSA) is 89.6 Å². The van der Waals surface area contributed by atoms with Crippen LogP contribution in [0.1, 0.15) is 36.7 Å². The summed E-state index contributed by atoms with van der Waals surface area (Å²) >= 11 is 2.08. The summed E-state index contributed by atoms with van der Waals surface area (Å²) < 4.78 is 6.20. The standard InChI is InChI=1S/C14H18INO4/c1-14(2,3)20-13(19)10-7-9(15)5-4-8(10)6-11(16)12(17)18/h4-5,7,11H,6,16H2,1-3H3,(H,17,18). The smallest absolute Gasteiger partial charge is 0.338 e. The van der Waals surface area contributed by atoms with E-state index in [0.717, 1.165) is 3.57 Å². The molecule has 0 aliphatic heterocycles. The molecule has 0 aliphatic carbocycles. The number of aliphatic carboxylic acids is 1. The first-order valence-corrected chi connectivity index (χ1v) is 7.18. The van der Waals surface area contributed by atoms with Crippen molar-refractivity contribution in [2.45, 2.75) is 38.8 Å². The van der Waals surface area contributed by atoms with Gasteiger partial charge in [0, 0.05) is 3.57 Å². The lowest BCUT2D eigenvalue weighted by Gasteiger charge is -2.21. The van der Waals surface area contributed by atoms with Gasteiger partial charge >= 0.3 is 11.9 Å². The van der Waals surface area contributed by atoms with Crippen LogP contribution in [-0.2, 0) is 16.0 Å². The summed E-state index contributed by atoms with van der Waals surface area (Å²) in [7, 11) is 0. The van der Waals surface area contributed by atoms with Crippen LogP contribution < -0.4 is 5.73 Å². The van der Waals surface area contributed by atoms with Crippen LogP contribution in [0.4, 0.5) is 0 Å². The number of rotatable bonds is 4. The molecule has 0 fully saturated rings. The summed E-state index contributed by atoms with van der Waals surface area (Å²) in [6.45, 7) is 5.34. The molecule has 0 heterocycles. The average molecular weight is 391 g/mol. The molecule has 1 unspecified atom stereocenters. The molecule has 6 heteroatoms. The van der Waals surface area contributed by atoms with Crippen LogP contribution in [0.5, 0.6) is 0 Å². The predicted octanol–water partition coefficient (Wildman–Crippen LogP) is 2.20. The molecule has 3 N–H and O–H groups in total. The van der Waals surface area contributed by atoms with Gasteiger partial charge in [-0.2, -0.15) is 0 Å². The van der Waals surface area contributed by atoms with Crippen molar-refractivity contribution >= 4 is 34.5 Å². The van der Waals surface area contributed by atoms with Gasteiger partial charge in [-0.05, 0) is 67.5 Å². The normalized spacial score (nSPS) is 12.8. The summed E-state index contributed by atoms with van der Waals surface area (Å²) in [5.41, 5.74) is 5.87. The molecule has 0 bridgehead atoms. The maximum atomic E-state index is 12.2. The molecule has 0 aliphatic rings. The lowest BCUT2D eigenvalue weighted by molar-refractivity contribution is -0.138. The van der Waals surface area contributed by atoms with E-state index in [-0.39, 0.29) is 6.42 Å². The van der Waals surface area contributed by atoms with Crippen LogP contribution in [0.3, 0.4) is 0 Å². The lowest BCUT2D eigenvalue weighted by atomic mass is 10.0. The molecule has 0 amide bonds. The molecular formula is C14H18INO4. The van der Waals surface area contributed by atoms with E-state index in [2.05, 4.69) is 22.6 Å². The number of carbonyl (C=O) groups is 2. The highest BCUT2D eigenvalue weighted by atomic mass is 127. The van der Waals surface area contributed by atoms with Gasteiger partial charge in [-0.25, -0.2) is 4.79 Å². The largest absolute Gasteiger partial charge is 0.480 e. The second-order valence-corrected chi connectivity index (χ2v) is 6.70. The number of hydrogen-bond acceptors (Lipinski definition) is 4. The first-order chi connectivity index (χ1) is 9.10. The lowest BCUT2D eigenvalue weighted by Crippen LogP contribution is -2.33. The van der Waals surface area contributed by atoms with E-state index in [1.54, 1.807) is 39.0 Å². The molecule has 1 aromatic carbocycles. The minimum Gasteiger partial charge on any atom is -0.480 e. The zero-order valence-corrected chi connectivity index (χ0v) is 13.8. The number of benzene rings is 1. The molecule has 1 aromatic rings. The highest BCUT2D eigenvalue weighted by Gasteiger charge is 2.22. The first-order valence-electron chi connectivity index (χ1n) is 6.10. The summed E-state index contributed by atoms with van der Waals surface area (Å²) in [5.74, 6) is -1.57. The average Bonchev–Trinajstić information content (AvgIpc) is 2.28. The van der Waals surface area contributed by atoms with Crippen molar-refractivity contribution in [3.05, 3.63) is 32.9 Å². The van der Waals surface area contributed by atoms with Crippen molar-refractivity contribution in [1.82, 2.24) is 0 Å². The minimum absolute atomic E-state index is 0.0842. The Labute approximate surface area is 131 Å². The number of carboxylic acid groups (broad SMARTS) is 1. The van der Waals surface area contributed by atoms with Gasteiger partial charge in [0.2, 0.25) is 0 Å². The van der Waals surface area contributed by atoms with E-state index in [9.17, 15) is 9.59 Å². The Morgan fingerprint density at radius 1 is 1.40 bits per heavy atom. The third-order valence-electron chi connectivity index (χ3n) is 2.45. The molecule has 0 aromatic heterocycles. The van der Waals surface area contributed by atoms with Gasteiger partial charge in [0.1, 0.15) is 11.6 Å². The highest BCUT2D eigenvalue weighted by Crippen LogP contribution is 2.19. The Balaban J connectivity index is 3.07. The van der Waals surface area contributed by atoms with E-state index in [1.807, 2.05) is 0 Å². The number of nitrogens with two attached hydrogens (primary N) is 1. The Morgan fingerprint density at radius 3 is 2.50 bits per heavy atom. The fourth-order valence-corrected chi connectivity index (χ4v) is 2.07. The summed E-state index contributed by atoms with van der Waals surface area (Å²) in [6, 6.07) is 4.15. The van der Waals surface area contributed by atoms with Gasteiger partial charge in [-0.3, -0.25) is 4.79 Å². The van der Waals surface area contributed by atoms with E-state index < -0.39 is 23.6 Å². The molecule has 20 heavy (non-hydrogen) atoms. The van der Waals surface area contributed by atoms with Crippen molar-refractivity contribution in [3.8, 4) is 0 Å². The predicted molar refractivity (Wildman–Crippen MR) is 83.6 cm³/mol. The van der Waals surface area contributed by atoms with Crippen molar-refractivity contribution < 1.29 is 19.4 Å². The molecule has 110 valence electrons. The van der Waals surface area contributed by atoms with E-state index in [0.29, 0.717) is 11.1 Å². The number of carbonyl (C=O) groups excluding carboxylic acids is 1. The van der Waals surface area contributed by atoms with Gasteiger partial charge in [-0.15, -0.1) is 0 Å². The number of carboxylic acids is 1. The van der Waals surface area contributed by atoms with Crippen molar-refractivity contribution in [2.75, 3.05) is 0 Å². The monoisotopic (exact) mass is 391 g/mol.